The van der Waals surface area contributed by atoms with E-state index in [1.807, 2.05) is 0 Å². The minimum Gasteiger partial charge on any atom is -0.427 e. The SMILES string of the molecule is CC(C)(O)C(C)(C)OBc1ccc(NC(=O)c2cccc(C(F)(F)F)c2)cc1. The van der Waals surface area contributed by atoms with Crippen LogP contribution in [0.5, 0.6) is 0 Å². The summed E-state index contributed by atoms with van der Waals surface area (Å²) in [5.74, 6) is -0.627. The average molecular weight is 393 g/mol. The Kier molecular flexibility index (Phi) is 6.26. The maximum Gasteiger partial charge on any atom is 0.416 e. The van der Waals surface area contributed by atoms with Gasteiger partial charge in [0.1, 0.15) is 0 Å². The van der Waals surface area contributed by atoms with Gasteiger partial charge in [0.25, 0.3) is 5.91 Å². The van der Waals surface area contributed by atoms with Crippen LogP contribution >= 0.6 is 0 Å². The summed E-state index contributed by atoms with van der Waals surface area (Å²) in [6, 6.07) is 11.0. The number of hydrogen-bond acceptors (Lipinski definition) is 3. The fourth-order valence-corrected chi connectivity index (χ4v) is 2.16. The van der Waals surface area contributed by atoms with Crippen molar-refractivity contribution >= 4 is 24.5 Å². The molecule has 8 heteroatoms. The number of rotatable bonds is 6. The molecule has 0 aliphatic carbocycles. The molecule has 0 fully saturated rings. The predicted molar refractivity (Wildman–Crippen MR) is 104 cm³/mol. The van der Waals surface area contributed by atoms with Crippen LogP contribution in [0.15, 0.2) is 48.5 Å². The van der Waals surface area contributed by atoms with E-state index < -0.39 is 28.8 Å². The minimum atomic E-state index is -4.51. The Balaban J connectivity index is 2.02. The molecule has 0 aliphatic heterocycles. The lowest BCUT2D eigenvalue weighted by atomic mass is 9.82. The third kappa shape index (κ3) is 5.59. The molecular weight excluding hydrogens is 370 g/mol. The van der Waals surface area contributed by atoms with Crippen molar-refractivity contribution in [3.63, 3.8) is 0 Å². The molecule has 0 aliphatic rings. The van der Waals surface area contributed by atoms with Crippen LogP contribution in [-0.4, -0.2) is 29.7 Å². The Bertz CT molecular complexity index is 828. The van der Waals surface area contributed by atoms with E-state index in [0.717, 1.165) is 17.6 Å². The van der Waals surface area contributed by atoms with E-state index in [4.69, 9.17) is 4.65 Å². The van der Waals surface area contributed by atoms with Gasteiger partial charge in [-0.3, -0.25) is 4.79 Å². The molecule has 28 heavy (non-hydrogen) atoms. The first-order chi connectivity index (χ1) is 12.8. The second-order valence-electron chi connectivity index (χ2n) is 7.59. The molecule has 4 nitrogen and oxygen atoms in total. The zero-order valence-electron chi connectivity index (χ0n) is 16.2. The highest BCUT2D eigenvalue weighted by atomic mass is 19.4. The van der Waals surface area contributed by atoms with Gasteiger partial charge in [-0.1, -0.05) is 23.7 Å². The number of amides is 1. The number of benzene rings is 2. The number of hydrogen-bond donors (Lipinski definition) is 2. The van der Waals surface area contributed by atoms with E-state index >= 15 is 0 Å². The van der Waals surface area contributed by atoms with Gasteiger partial charge in [0.2, 0.25) is 0 Å². The topological polar surface area (TPSA) is 58.6 Å². The van der Waals surface area contributed by atoms with Crippen LogP contribution < -0.4 is 10.8 Å². The molecule has 2 rings (SSSR count). The van der Waals surface area contributed by atoms with Crippen molar-refractivity contribution in [3.8, 4) is 0 Å². The van der Waals surface area contributed by atoms with E-state index in [-0.39, 0.29) is 13.0 Å². The van der Waals surface area contributed by atoms with E-state index in [0.29, 0.717) is 5.69 Å². The fourth-order valence-electron chi connectivity index (χ4n) is 2.16. The molecule has 0 aromatic heterocycles. The molecule has 150 valence electrons. The second-order valence-corrected chi connectivity index (χ2v) is 7.59. The quantitative estimate of drug-likeness (QED) is 0.739. The molecule has 0 radical (unpaired) electrons. The summed E-state index contributed by atoms with van der Waals surface area (Å²) in [5, 5.41) is 12.7. The molecule has 0 unspecified atom stereocenters. The van der Waals surface area contributed by atoms with Crippen LogP contribution in [-0.2, 0) is 10.8 Å². The highest BCUT2D eigenvalue weighted by molar-refractivity contribution is 6.47. The van der Waals surface area contributed by atoms with Crippen molar-refractivity contribution in [2.24, 2.45) is 0 Å². The first-order valence-electron chi connectivity index (χ1n) is 8.73. The summed E-state index contributed by atoms with van der Waals surface area (Å²) in [6.45, 7) is 6.91. The number of aliphatic hydroxyl groups is 1. The van der Waals surface area contributed by atoms with Crippen LogP contribution in [0.3, 0.4) is 0 Å². The monoisotopic (exact) mass is 393 g/mol. The maximum atomic E-state index is 12.8. The molecule has 0 heterocycles. The normalized spacial score (nSPS) is 12.6. The van der Waals surface area contributed by atoms with Crippen LogP contribution in [0.1, 0.15) is 43.6 Å². The van der Waals surface area contributed by atoms with E-state index in [2.05, 4.69) is 5.32 Å². The largest absolute Gasteiger partial charge is 0.427 e. The molecule has 0 saturated heterocycles. The van der Waals surface area contributed by atoms with E-state index in [1.165, 1.54) is 12.1 Å². The van der Waals surface area contributed by atoms with Gasteiger partial charge in [-0.15, -0.1) is 0 Å². The molecule has 0 atom stereocenters. The highest BCUT2D eigenvalue weighted by Crippen LogP contribution is 2.29. The zero-order chi connectivity index (χ0) is 21.2. The van der Waals surface area contributed by atoms with Crippen molar-refractivity contribution in [1.82, 2.24) is 0 Å². The Labute approximate surface area is 163 Å². The molecule has 2 aromatic carbocycles. The molecule has 2 N–H and O–H groups in total. The molecule has 0 saturated carbocycles. The van der Waals surface area contributed by atoms with Gasteiger partial charge < -0.3 is 15.1 Å². The van der Waals surface area contributed by atoms with Gasteiger partial charge in [-0.2, -0.15) is 13.2 Å². The number of carbonyl (C=O) groups is 1. The van der Waals surface area contributed by atoms with Crippen molar-refractivity contribution < 1.29 is 27.7 Å². The Morgan fingerprint density at radius 2 is 1.64 bits per heavy atom. The van der Waals surface area contributed by atoms with Gasteiger partial charge >= 0.3 is 13.7 Å². The second kappa shape index (κ2) is 7.97. The Morgan fingerprint density at radius 1 is 1.04 bits per heavy atom. The van der Waals surface area contributed by atoms with Crippen LogP contribution in [0, 0.1) is 0 Å². The summed E-state index contributed by atoms with van der Waals surface area (Å²) >= 11 is 0. The zero-order valence-corrected chi connectivity index (χ0v) is 16.2. The standard InChI is InChI=1S/C20H23BF3NO3/c1-18(2,27)19(3,4)28-21-15-8-10-16(11-9-15)25-17(26)13-6-5-7-14(12-13)20(22,23)24/h5-12,21,27H,1-4H3,(H,25,26). The van der Waals surface area contributed by atoms with Gasteiger partial charge in [-0.25, -0.2) is 0 Å². The predicted octanol–water partition coefficient (Wildman–Crippen LogP) is 3.50. The number of nitrogens with one attached hydrogen (secondary N) is 1. The molecular formula is C20H23BF3NO3. The van der Waals surface area contributed by atoms with Crippen molar-refractivity contribution in [2.75, 3.05) is 5.32 Å². The fraction of sp³-hybridized carbons (Fsp3) is 0.350. The van der Waals surface area contributed by atoms with Gasteiger partial charge in [0.05, 0.1) is 16.8 Å². The van der Waals surface area contributed by atoms with Gasteiger partial charge in [0.15, 0.2) is 0 Å². The van der Waals surface area contributed by atoms with E-state index in [9.17, 15) is 23.1 Å². The van der Waals surface area contributed by atoms with Gasteiger partial charge in [0, 0.05) is 11.3 Å². The van der Waals surface area contributed by atoms with Crippen LogP contribution in [0.4, 0.5) is 18.9 Å². The van der Waals surface area contributed by atoms with Crippen LogP contribution in [0.2, 0.25) is 0 Å². The lowest BCUT2D eigenvalue weighted by Crippen LogP contribution is -2.49. The van der Waals surface area contributed by atoms with Crippen LogP contribution in [0.25, 0.3) is 0 Å². The summed E-state index contributed by atoms with van der Waals surface area (Å²) < 4.78 is 44.1. The number of alkyl halides is 3. The summed E-state index contributed by atoms with van der Waals surface area (Å²) in [4.78, 5) is 12.2. The van der Waals surface area contributed by atoms with E-state index in [1.54, 1.807) is 52.0 Å². The first-order valence-corrected chi connectivity index (χ1v) is 8.73. The number of anilines is 1. The molecule has 0 bridgehead atoms. The smallest absolute Gasteiger partial charge is 0.416 e. The van der Waals surface area contributed by atoms with Gasteiger partial charge in [-0.05, 0) is 58.0 Å². The summed E-state index contributed by atoms with van der Waals surface area (Å²) in [6.07, 6.45) is -4.51. The first kappa shape index (κ1) is 22.0. The Hall–Kier alpha value is -2.32. The van der Waals surface area contributed by atoms with Crippen molar-refractivity contribution in [1.29, 1.82) is 0 Å². The molecule has 0 spiro atoms. The molecule has 1 amide bonds. The lowest BCUT2D eigenvalue weighted by molar-refractivity contribution is -0.137. The highest BCUT2D eigenvalue weighted by Gasteiger charge is 2.35. The summed E-state index contributed by atoms with van der Waals surface area (Å²) in [7, 11) is 0.263. The third-order valence-electron chi connectivity index (χ3n) is 4.74. The molecule has 2 aromatic rings. The lowest BCUT2D eigenvalue weighted by Gasteiger charge is -2.37. The minimum absolute atomic E-state index is 0.0749. The summed E-state index contributed by atoms with van der Waals surface area (Å²) in [5.41, 5.74) is -1.45. The third-order valence-corrected chi connectivity index (χ3v) is 4.74. The van der Waals surface area contributed by atoms with Crippen molar-refractivity contribution in [2.45, 2.75) is 45.1 Å². The maximum absolute atomic E-state index is 12.8. The number of halogens is 3. The Morgan fingerprint density at radius 3 is 2.18 bits per heavy atom. The van der Waals surface area contributed by atoms with Crippen molar-refractivity contribution in [3.05, 3.63) is 59.7 Å². The number of carbonyl (C=O) groups excluding carboxylic acids is 1. The average Bonchev–Trinajstić information content (AvgIpc) is 2.59.